The SMILES string of the molecule is CNCC(=O)c1oc(C)nc1C. The minimum absolute atomic E-state index is 0.0596. The third kappa shape index (κ3) is 1.71. The van der Waals surface area contributed by atoms with Crippen molar-refractivity contribution in [1.82, 2.24) is 10.3 Å². The largest absolute Gasteiger partial charge is 0.438 e. The second-order valence-corrected chi connectivity index (χ2v) is 2.60. The third-order valence-corrected chi connectivity index (χ3v) is 1.49. The van der Waals surface area contributed by atoms with Crippen LogP contribution in [0, 0.1) is 13.8 Å². The van der Waals surface area contributed by atoms with Crippen LogP contribution in [-0.2, 0) is 0 Å². The highest BCUT2D eigenvalue weighted by Crippen LogP contribution is 2.09. The van der Waals surface area contributed by atoms with Crippen LogP contribution in [0.5, 0.6) is 0 Å². The second-order valence-electron chi connectivity index (χ2n) is 2.60. The molecule has 0 bridgehead atoms. The number of nitrogens with one attached hydrogen (secondary N) is 1. The van der Waals surface area contributed by atoms with Crippen molar-refractivity contribution in [3.05, 3.63) is 17.3 Å². The summed E-state index contributed by atoms with van der Waals surface area (Å²) in [5.74, 6) is 0.837. The average molecular weight is 168 g/mol. The average Bonchev–Trinajstić information content (AvgIpc) is 2.30. The van der Waals surface area contributed by atoms with Crippen molar-refractivity contribution in [2.24, 2.45) is 0 Å². The van der Waals surface area contributed by atoms with E-state index in [-0.39, 0.29) is 12.3 Å². The molecule has 0 aromatic carbocycles. The molecule has 1 aromatic rings. The van der Waals surface area contributed by atoms with Crippen molar-refractivity contribution >= 4 is 5.78 Å². The predicted molar refractivity (Wildman–Crippen MR) is 44.2 cm³/mol. The Balaban J connectivity index is 2.87. The highest BCUT2D eigenvalue weighted by atomic mass is 16.4. The van der Waals surface area contributed by atoms with Gasteiger partial charge in [0, 0.05) is 6.92 Å². The van der Waals surface area contributed by atoms with Gasteiger partial charge in [-0.1, -0.05) is 0 Å². The van der Waals surface area contributed by atoms with Gasteiger partial charge in [0.25, 0.3) is 0 Å². The zero-order valence-corrected chi connectivity index (χ0v) is 7.47. The van der Waals surface area contributed by atoms with E-state index in [1.165, 1.54) is 0 Å². The number of ketones is 1. The standard InChI is InChI=1S/C8H12N2O2/c1-5-8(7(11)4-9-3)12-6(2)10-5/h9H,4H2,1-3H3. The van der Waals surface area contributed by atoms with Gasteiger partial charge in [-0.3, -0.25) is 4.79 Å². The van der Waals surface area contributed by atoms with Crippen molar-refractivity contribution in [1.29, 1.82) is 0 Å². The number of hydrogen-bond acceptors (Lipinski definition) is 4. The Hall–Kier alpha value is -1.16. The number of nitrogens with zero attached hydrogens (tertiary/aromatic N) is 1. The van der Waals surface area contributed by atoms with E-state index >= 15 is 0 Å². The van der Waals surface area contributed by atoms with E-state index in [4.69, 9.17) is 4.42 Å². The summed E-state index contributed by atoms with van der Waals surface area (Å²) in [5.41, 5.74) is 0.660. The molecule has 12 heavy (non-hydrogen) atoms. The summed E-state index contributed by atoms with van der Waals surface area (Å²) in [6.45, 7) is 3.78. The maximum Gasteiger partial charge on any atom is 0.213 e. The smallest absolute Gasteiger partial charge is 0.213 e. The normalized spacial score (nSPS) is 10.2. The van der Waals surface area contributed by atoms with Crippen LogP contribution in [0.25, 0.3) is 0 Å². The molecule has 0 aliphatic rings. The van der Waals surface area contributed by atoms with Gasteiger partial charge in [-0.2, -0.15) is 0 Å². The third-order valence-electron chi connectivity index (χ3n) is 1.49. The van der Waals surface area contributed by atoms with Crippen LogP contribution >= 0.6 is 0 Å². The number of Topliss-reactive ketones (excluding diaryl/α,β-unsaturated/α-hetero) is 1. The van der Waals surface area contributed by atoms with E-state index in [1.807, 2.05) is 0 Å². The molecule has 1 N–H and O–H groups in total. The zero-order chi connectivity index (χ0) is 9.14. The van der Waals surface area contributed by atoms with Crippen molar-refractivity contribution in [3.63, 3.8) is 0 Å². The van der Waals surface area contributed by atoms with Crippen LogP contribution in [-0.4, -0.2) is 24.4 Å². The van der Waals surface area contributed by atoms with Crippen molar-refractivity contribution in [2.75, 3.05) is 13.6 Å². The topological polar surface area (TPSA) is 55.1 Å². The summed E-state index contributed by atoms with van der Waals surface area (Å²) in [6, 6.07) is 0. The summed E-state index contributed by atoms with van der Waals surface area (Å²) < 4.78 is 5.13. The van der Waals surface area contributed by atoms with E-state index in [0.29, 0.717) is 17.3 Å². The molecule has 66 valence electrons. The van der Waals surface area contributed by atoms with Crippen LogP contribution in [0.2, 0.25) is 0 Å². The summed E-state index contributed by atoms with van der Waals surface area (Å²) in [4.78, 5) is 15.3. The summed E-state index contributed by atoms with van der Waals surface area (Å²) in [5, 5.41) is 2.77. The molecular weight excluding hydrogens is 156 g/mol. The fraction of sp³-hybridized carbons (Fsp3) is 0.500. The van der Waals surface area contributed by atoms with Crippen LogP contribution in [0.4, 0.5) is 0 Å². The lowest BCUT2D eigenvalue weighted by Gasteiger charge is -1.94. The Morgan fingerprint density at radius 3 is 2.67 bits per heavy atom. The molecule has 0 atom stereocenters. The lowest BCUT2D eigenvalue weighted by molar-refractivity contribution is 0.0965. The molecule has 1 rings (SSSR count). The molecule has 0 aliphatic heterocycles. The van der Waals surface area contributed by atoms with Gasteiger partial charge in [0.1, 0.15) is 0 Å². The molecule has 0 unspecified atom stereocenters. The molecule has 0 radical (unpaired) electrons. The van der Waals surface area contributed by atoms with E-state index < -0.39 is 0 Å². The lowest BCUT2D eigenvalue weighted by Crippen LogP contribution is -2.18. The van der Waals surface area contributed by atoms with Gasteiger partial charge in [-0.25, -0.2) is 4.98 Å². The highest BCUT2D eigenvalue weighted by Gasteiger charge is 2.14. The van der Waals surface area contributed by atoms with Crippen molar-refractivity contribution in [3.8, 4) is 0 Å². The molecule has 0 saturated carbocycles. The molecule has 4 nitrogen and oxygen atoms in total. The number of aryl methyl sites for hydroxylation is 2. The Morgan fingerprint density at radius 1 is 1.58 bits per heavy atom. The molecular formula is C8H12N2O2. The van der Waals surface area contributed by atoms with E-state index in [0.717, 1.165) is 0 Å². The van der Waals surface area contributed by atoms with Gasteiger partial charge in [0.2, 0.25) is 5.78 Å². The lowest BCUT2D eigenvalue weighted by atomic mass is 10.2. The van der Waals surface area contributed by atoms with Crippen LogP contribution in [0.3, 0.4) is 0 Å². The first-order valence-corrected chi connectivity index (χ1v) is 3.77. The maximum atomic E-state index is 11.3. The summed E-state index contributed by atoms with van der Waals surface area (Å²) >= 11 is 0. The van der Waals surface area contributed by atoms with Gasteiger partial charge in [0.05, 0.1) is 12.2 Å². The van der Waals surface area contributed by atoms with Crippen LogP contribution in [0.1, 0.15) is 22.1 Å². The van der Waals surface area contributed by atoms with Gasteiger partial charge in [-0.05, 0) is 14.0 Å². The number of rotatable bonds is 3. The minimum Gasteiger partial charge on any atom is -0.438 e. The number of hydrogen-bond donors (Lipinski definition) is 1. The Morgan fingerprint density at radius 2 is 2.25 bits per heavy atom. The van der Waals surface area contributed by atoms with E-state index in [2.05, 4.69) is 10.3 Å². The molecule has 0 saturated heterocycles. The first-order chi connectivity index (χ1) is 5.65. The molecule has 1 heterocycles. The first kappa shape index (κ1) is 8.93. The fourth-order valence-corrected chi connectivity index (χ4v) is 1.03. The van der Waals surface area contributed by atoms with Crippen LogP contribution in [0.15, 0.2) is 4.42 Å². The van der Waals surface area contributed by atoms with E-state index in [1.54, 1.807) is 20.9 Å². The predicted octanol–water partition coefficient (Wildman–Crippen LogP) is 0.694. The van der Waals surface area contributed by atoms with Crippen molar-refractivity contribution in [2.45, 2.75) is 13.8 Å². The number of likely N-dealkylation sites (N-methyl/N-ethyl adjacent to an activating group) is 1. The number of aromatic nitrogens is 1. The molecule has 1 aromatic heterocycles. The minimum atomic E-state index is -0.0596. The molecule has 0 spiro atoms. The zero-order valence-electron chi connectivity index (χ0n) is 7.47. The maximum absolute atomic E-state index is 11.3. The molecule has 4 heteroatoms. The Kier molecular flexibility index (Phi) is 2.60. The van der Waals surface area contributed by atoms with Gasteiger partial charge < -0.3 is 9.73 Å². The summed E-state index contributed by atoms with van der Waals surface area (Å²) in [7, 11) is 1.72. The van der Waals surface area contributed by atoms with Gasteiger partial charge >= 0.3 is 0 Å². The first-order valence-electron chi connectivity index (χ1n) is 3.77. The molecule has 0 aliphatic carbocycles. The number of carbonyl (C=O) groups excluding carboxylic acids is 1. The highest BCUT2D eigenvalue weighted by molar-refractivity contribution is 5.95. The fourth-order valence-electron chi connectivity index (χ4n) is 1.03. The number of carbonyl (C=O) groups is 1. The van der Waals surface area contributed by atoms with Crippen molar-refractivity contribution < 1.29 is 9.21 Å². The van der Waals surface area contributed by atoms with Gasteiger partial charge in [-0.15, -0.1) is 0 Å². The van der Waals surface area contributed by atoms with Crippen LogP contribution < -0.4 is 5.32 Å². The monoisotopic (exact) mass is 168 g/mol. The summed E-state index contributed by atoms with van der Waals surface area (Å²) in [6.07, 6.45) is 0. The Labute approximate surface area is 71.0 Å². The second kappa shape index (κ2) is 3.49. The molecule has 0 amide bonds. The Bertz CT molecular complexity index is 291. The van der Waals surface area contributed by atoms with Gasteiger partial charge in [0.15, 0.2) is 11.7 Å². The van der Waals surface area contributed by atoms with E-state index in [9.17, 15) is 4.79 Å². The quantitative estimate of drug-likeness (QED) is 0.675. The number of oxazole rings is 1. The molecule has 0 fully saturated rings.